The first-order valence-corrected chi connectivity index (χ1v) is 6.45. The highest BCUT2D eigenvalue weighted by atomic mass is 16.1. The summed E-state index contributed by atoms with van der Waals surface area (Å²) in [4.78, 5) is 23.4. The Morgan fingerprint density at radius 3 is 2.70 bits per heavy atom. The minimum atomic E-state index is -0.133. The van der Waals surface area contributed by atoms with E-state index in [1.54, 1.807) is 35.1 Å². The van der Waals surface area contributed by atoms with Crippen LogP contribution in [0.25, 0.3) is 0 Å². The third-order valence-corrected chi connectivity index (χ3v) is 2.91. The predicted octanol–water partition coefficient (Wildman–Crippen LogP) is 2.42. The minimum absolute atomic E-state index is 0.0661. The van der Waals surface area contributed by atoms with E-state index >= 15 is 0 Å². The van der Waals surface area contributed by atoms with Gasteiger partial charge >= 0.3 is 0 Å². The van der Waals surface area contributed by atoms with E-state index in [1.165, 1.54) is 6.92 Å². The molecule has 0 bridgehead atoms. The molecular weight excluding hydrogens is 254 g/mol. The zero-order chi connectivity index (χ0) is 14.5. The highest BCUT2D eigenvalue weighted by Crippen LogP contribution is 2.15. The zero-order valence-electron chi connectivity index (χ0n) is 11.6. The topological polar surface area (TPSA) is 64.0 Å². The minimum Gasteiger partial charge on any atom is -0.325 e. The quantitative estimate of drug-likeness (QED) is 0.849. The maximum Gasteiger partial charge on any atom is 0.226 e. The lowest BCUT2D eigenvalue weighted by molar-refractivity contribution is -0.116. The number of carbonyl (C=O) groups is 2. The van der Waals surface area contributed by atoms with Gasteiger partial charge in [-0.15, -0.1) is 0 Å². The van der Waals surface area contributed by atoms with E-state index in [0.717, 1.165) is 5.56 Å². The van der Waals surface area contributed by atoms with Crippen molar-refractivity contribution in [3.05, 3.63) is 47.8 Å². The fraction of sp³-hybridized carbons (Fsp3) is 0.267. The van der Waals surface area contributed by atoms with Crippen molar-refractivity contribution in [3.8, 4) is 0 Å². The van der Waals surface area contributed by atoms with Gasteiger partial charge in [-0.3, -0.25) is 14.3 Å². The highest BCUT2D eigenvalue weighted by Gasteiger charge is 2.09. The van der Waals surface area contributed by atoms with Gasteiger partial charge in [-0.05, 0) is 31.5 Å². The second-order valence-electron chi connectivity index (χ2n) is 4.68. The Bertz CT molecular complexity index is 632. The number of hydrogen-bond acceptors (Lipinski definition) is 3. The van der Waals surface area contributed by atoms with Crippen molar-refractivity contribution in [1.29, 1.82) is 0 Å². The van der Waals surface area contributed by atoms with Crippen molar-refractivity contribution >= 4 is 17.4 Å². The number of anilines is 1. The summed E-state index contributed by atoms with van der Waals surface area (Å²) >= 11 is 0. The van der Waals surface area contributed by atoms with Crippen LogP contribution in [0.3, 0.4) is 0 Å². The lowest BCUT2D eigenvalue weighted by Gasteiger charge is -2.09. The number of para-hydroxylation sites is 1. The fourth-order valence-electron chi connectivity index (χ4n) is 1.92. The van der Waals surface area contributed by atoms with Crippen molar-refractivity contribution in [1.82, 2.24) is 9.78 Å². The first kappa shape index (κ1) is 14.0. The molecule has 1 amide bonds. The molecule has 1 heterocycles. The summed E-state index contributed by atoms with van der Waals surface area (Å²) in [5, 5.41) is 6.89. The second kappa shape index (κ2) is 6.14. The van der Waals surface area contributed by atoms with Crippen molar-refractivity contribution in [2.75, 3.05) is 5.32 Å². The Morgan fingerprint density at radius 1 is 1.30 bits per heavy atom. The van der Waals surface area contributed by atoms with E-state index in [4.69, 9.17) is 0 Å². The molecule has 0 saturated heterocycles. The molecular formula is C15H17N3O2. The number of benzene rings is 1. The van der Waals surface area contributed by atoms with Gasteiger partial charge in [0, 0.05) is 24.7 Å². The molecule has 0 aliphatic carbocycles. The first-order valence-electron chi connectivity index (χ1n) is 6.45. The number of hydrogen-bond donors (Lipinski definition) is 1. The molecule has 0 fully saturated rings. The van der Waals surface area contributed by atoms with Crippen LogP contribution in [-0.2, 0) is 11.3 Å². The molecule has 0 saturated carbocycles. The van der Waals surface area contributed by atoms with E-state index < -0.39 is 0 Å². The zero-order valence-corrected chi connectivity index (χ0v) is 11.6. The summed E-state index contributed by atoms with van der Waals surface area (Å²) in [5.41, 5.74) is 2.14. The molecule has 0 aliphatic heterocycles. The third-order valence-electron chi connectivity index (χ3n) is 2.91. The van der Waals surface area contributed by atoms with E-state index in [-0.39, 0.29) is 11.7 Å². The van der Waals surface area contributed by atoms with Crippen molar-refractivity contribution in [2.45, 2.75) is 26.8 Å². The number of rotatable bonds is 5. The van der Waals surface area contributed by atoms with Gasteiger partial charge in [0.1, 0.15) is 0 Å². The van der Waals surface area contributed by atoms with Gasteiger partial charge in [0.15, 0.2) is 5.78 Å². The molecule has 104 valence electrons. The van der Waals surface area contributed by atoms with Gasteiger partial charge in [0.05, 0.1) is 11.9 Å². The first-order chi connectivity index (χ1) is 9.56. The normalized spacial score (nSPS) is 10.3. The fourth-order valence-corrected chi connectivity index (χ4v) is 1.92. The van der Waals surface area contributed by atoms with Crippen molar-refractivity contribution < 1.29 is 9.59 Å². The van der Waals surface area contributed by atoms with Crippen LogP contribution in [0.5, 0.6) is 0 Å². The Labute approximate surface area is 117 Å². The lowest BCUT2D eigenvalue weighted by atomic mass is 10.1. The van der Waals surface area contributed by atoms with Gasteiger partial charge in [-0.1, -0.05) is 12.1 Å². The van der Waals surface area contributed by atoms with E-state index in [0.29, 0.717) is 24.2 Å². The predicted molar refractivity (Wildman–Crippen MR) is 76.7 cm³/mol. The summed E-state index contributed by atoms with van der Waals surface area (Å²) in [6, 6.07) is 7.00. The van der Waals surface area contributed by atoms with Gasteiger partial charge in [-0.2, -0.15) is 5.10 Å². The maximum absolute atomic E-state index is 11.9. The molecule has 5 heteroatoms. The molecule has 0 spiro atoms. The Hall–Kier alpha value is -2.43. The highest BCUT2D eigenvalue weighted by molar-refractivity contribution is 6.03. The molecule has 20 heavy (non-hydrogen) atoms. The average molecular weight is 271 g/mol. The van der Waals surface area contributed by atoms with Gasteiger partial charge in [0.2, 0.25) is 5.91 Å². The molecule has 1 aromatic heterocycles. The third kappa shape index (κ3) is 3.54. The molecule has 0 atom stereocenters. The summed E-state index contributed by atoms with van der Waals surface area (Å²) in [5.74, 6) is -0.199. The largest absolute Gasteiger partial charge is 0.325 e. The monoisotopic (exact) mass is 271 g/mol. The summed E-state index contributed by atoms with van der Waals surface area (Å²) in [6.45, 7) is 3.95. The van der Waals surface area contributed by atoms with Gasteiger partial charge in [-0.25, -0.2) is 0 Å². The number of amides is 1. The van der Waals surface area contributed by atoms with Gasteiger partial charge < -0.3 is 5.32 Å². The number of nitrogens with one attached hydrogen (secondary N) is 1. The van der Waals surface area contributed by atoms with Crippen LogP contribution in [0.1, 0.15) is 29.3 Å². The number of ketones is 1. The molecule has 0 unspecified atom stereocenters. The van der Waals surface area contributed by atoms with E-state index in [2.05, 4.69) is 10.4 Å². The van der Waals surface area contributed by atoms with Crippen LogP contribution < -0.4 is 5.32 Å². The van der Waals surface area contributed by atoms with Crippen LogP contribution in [0, 0.1) is 6.92 Å². The summed E-state index contributed by atoms with van der Waals surface area (Å²) < 4.78 is 1.73. The number of aryl methyl sites for hydroxylation is 2. The number of carbonyl (C=O) groups excluding carboxylic acids is 2. The van der Waals surface area contributed by atoms with Crippen molar-refractivity contribution in [2.24, 2.45) is 0 Å². The number of Topliss-reactive ketones (excluding diaryl/α,β-unsaturated/α-hetero) is 1. The van der Waals surface area contributed by atoms with Crippen LogP contribution in [0.2, 0.25) is 0 Å². The lowest BCUT2D eigenvalue weighted by Crippen LogP contribution is -2.16. The van der Waals surface area contributed by atoms with Crippen LogP contribution in [-0.4, -0.2) is 21.5 Å². The molecule has 5 nitrogen and oxygen atoms in total. The standard InChI is InChI=1S/C15H17N3O2/c1-11-9-16-18(10-11)8-7-15(20)17-14-6-4-3-5-13(14)12(2)19/h3-6,9-10H,7-8H2,1-2H3,(H,17,20). The summed E-state index contributed by atoms with van der Waals surface area (Å²) in [6.07, 6.45) is 3.95. The van der Waals surface area contributed by atoms with E-state index in [1.807, 2.05) is 13.1 Å². The van der Waals surface area contributed by atoms with E-state index in [9.17, 15) is 9.59 Å². The Balaban J connectivity index is 1.96. The molecule has 2 aromatic rings. The Kier molecular flexibility index (Phi) is 4.30. The molecule has 0 radical (unpaired) electrons. The van der Waals surface area contributed by atoms with Crippen LogP contribution >= 0.6 is 0 Å². The molecule has 1 aromatic carbocycles. The second-order valence-corrected chi connectivity index (χ2v) is 4.68. The maximum atomic E-state index is 11.9. The van der Waals surface area contributed by atoms with Gasteiger partial charge in [0.25, 0.3) is 0 Å². The van der Waals surface area contributed by atoms with Crippen molar-refractivity contribution in [3.63, 3.8) is 0 Å². The smallest absolute Gasteiger partial charge is 0.226 e. The number of nitrogens with zero attached hydrogens (tertiary/aromatic N) is 2. The summed E-state index contributed by atoms with van der Waals surface area (Å²) in [7, 11) is 0. The number of aromatic nitrogens is 2. The molecule has 0 aliphatic rings. The SMILES string of the molecule is CC(=O)c1ccccc1NC(=O)CCn1cc(C)cn1. The average Bonchev–Trinajstić information content (AvgIpc) is 2.83. The Morgan fingerprint density at radius 2 is 2.05 bits per heavy atom. The molecule has 1 N–H and O–H groups in total. The van der Waals surface area contributed by atoms with Crippen LogP contribution in [0.15, 0.2) is 36.7 Å². The van der Waals surface area contributed by atoms with Crippen LogP contribution in [0.4, 0.5) is 5.69 Å². The molecule has 2 rings (SSSR count).